The van der Waals surface area contributed by atoms with Gasteiger partial charge in [0.1, 0.15) is 5.69 Å². The van der Waals surface area contributed by atoms with Crippen LogP contribution in [0.2, 0.25) is 0 Å². The second-order valence-electron chi connectivity index (χ2n) is 2.67. The van der Waals surface area contributed by atoms with Crippen molar-refractivity contribution in [2.24, 2.45) is 0 Å². The first-order chi connectivity index (χ1) is 6.86. The zero-order valence-corrected chi connectivity index (χ0v) is 7.91. The van der Waals surface area contributed by atoms with Crippen LogP contribution in [0.15, 0.2) is 12.1 Å². The minimum absolute atomic E-state index is 0.0139. The van der Waals surface area contributed by atoms with Gasteiger partial charge in [0.25, 0.3) is 6.43 Å². The Morgan fingerprint density at radius 1 is 1.27 bits per heavy atom. The van der Waals surface area contributed by atoms with E-state index in [1.165, 1.54) is 0 Å². The third-order valence-corrected chi connectivity index (χ3v) is 1.91. The highest BCUT2D eigenvalue weighted by Crippen LogP contribution is 2.35. The molecule has 0 N–H and O–H groups in total. The minimum atomic E-state index is -4.83. The quantitative estimate of drug-likeness (QED) is 0.571. The lowest BCUT2D eigenvalue weighted by Gasteiger charge is -2.11. The number of hydrogen-bond donors (Lipinski definition) is 0. The molecule has 0 amide bonds. The molecule has 1 heterocycles. The van der Waals surface area contributed by atoms with Crippen molar-refractivity contribution < 1.29 is 22.0 Å². The Labute approximate surface area is 86.9 Å². The molecule has 0 aliphatic carbocycles. The Hall–Kier alpha value is -0.910. The number of hydrogen-bond acceptors (Lipinski definition) is 1. The Bertz CT molecular complexity index is 349. The summed E-state index contributed by atoms with van der Waals surface area (Å²) in [5.74, 6) is -0.210. The van der Waals surface area contributed by atoms with Crippen LogP contribution in [0.1, 0.15) is 23.4 Å². The maximum absolute atomic E-state index is 12.3. The standard InChI is InChI=1S/C8H5ClF5N/c9-3-4-1-2-5(8(12,13)14)6(15-4)7(10)11/h1-2,7H,3H2. The van der Waals surface area contributed by atoms with Gasteiger partial charge in [-0.25, -0.2) is 13.8 Å². The second-order valence-corrected chi connectivity index (χ2v) is 2.93. The van der Waals surface area contributed by atoms with E-state index in [1.807, 2.05) is 0 Å². The summed E-state index contributed by atoms with van der Waals surface area (Å²) in [6.07, 6.45) is -8.10. The predicted octanol–water partition coefficient (Wildman–Crippen LogP) is 3.78. The van der Waals surface area contributed by atoms with E-state index in [0.717, 1.165) is 6.07 Å². The zero-order valence-electron chi connectivity index (χ0n) is 7.15. The van der Waals surface area contributed by atoms with Crippen LogP contribution < -0.4 is 0 Å². The fourth-order valence-electron chi connectivity index (χ4n) is 0.998. The van der Waals surface area contributed by atoms with Crippen LogP contribution in [-0.4, -0.2) is 4.98 Å². The number of alkyl halides is 6. The van der Waals surface area contributed by atoms with Crippen LogP contribution in [0.25, 0.3) is 0 Å². The maximum atomic E-state index is 12.3. The highest BCUT2D eigenvalue weighted by Gasteiger charge is 2.36. The normalized spacial score (nSPS) is 12.2. The van der Waals surface area contributed by atoms with Crippen molar-refractivity contribution in [3.63, 3.8) is 0 Å². The summed E-state index contributed by atoms with van der Waals surface area (Å²) in [5, 5.41) is 0. The van der Waals surface area contributed by atoms with Crippen molar-refractivity contribution in [3.05, 3.63) is 29.1 Å². The Kier molecular flexibility index (Phi) is 3.49. The summed E-state index contributed by atoms with van der Waals surface area (Å²) in [5.41, 5.74) is -2.72. The fourth-order valence-corrected chi connectivity index (χ4v) is 1.15. The van der Waals surface area contributed by atoms with Crippen LogP contribution >= 0.6 is 11.6 Å². The molecule has 1 nitrogen and oxygen atoms in total. The summed E-state index contributed by atoms with van der Waals surface area (Å²) < 4.78 is 61.3. The molecule has 1 aromatic heterocycles. The Balaban J connectivity index is 3.28. The summed E-state index contributed by atoms with van der Waals surface area (Å²) in [6, 6.07) is 1.54. The van der Waals surface area contributed by atoms with Crippen molar-refractivity contribution in [1.82, 2.24) is 4.98 Å². The first-order valence-corrected chi connectivity index (χ1v) is 4.31. The highest BCUT2D eigenvalue weighted by molar-refractivity contribution is 6.16. The number of pyridine rings is 1. The van der Waals surface area contributed by atoms with Crippen molar-refractivity contribution in [2.45, 2.75) is 18.5 Å². The number of aromatic nitrogens is 1. The molecular weight excluding hydrogens is 241 g/mol. The first kappa shape index (κ1) is 12.2. The molecule has 0 saturated carbocycles. The molecule has 0 saturated heterocycles. The third-order valence-electron chi connectivity index (χ3n) is 1.63. The monoisotopic (exact) mass is 245 g/mol. The second kappa shape index (κ2) is 4.30. The van der Waals surface area contributed by atoms with E-state index < -0.39 is 23.9 Å². The smallest absolute Gasteiger partial charge is 0.250 e. The van der Waals surface area contributed by atoms with Gasteiger partial charge >= 0.3 is 6.18 Å². The van der Waals surface area contributed by atoms with E-state index >= 15 is 0 Å². The van der Waals surface area contributed by atoms with Crippen molar-refractivity contribution in [2.75, 3.05) is 0 Å². The van der Waals surface area contributed by atoms with E-state index in [-0.39, 0.29) is 11.6 Å². The van der Waals surface area contributed by atoms with Crippen molar-refractivity contribution >= 4 is 11.6 Å². The Morgan fingerprint density at radius 3 is 2.27 bits per heavy atom. The molecule has 0 spiro atoms. The molecule has 0 radical (unpaired) electrons. The molecule has 0 aliphatic heterocycles. The lowest BCUT2D eigenvalue weighted by Crippen LogP contribution is -2.12. The molecule has 0 aromatic carbocycles. The van der Waals surface area contributed by atoms with Crippen LogP contribution in [0.5, 0.6) is 0 Å². The molecule has 15 heavy (non-hydrogen) atoms. The zero-order chi connectivity index (χ0) is 11.6. The molecule has 1 rings (SSSR count). The van der Waals surface area contributed by atoms with E-state index in [9.17, 15) is 22.0 Å². The number of rotatable bonds is 2. The van der Waals surface area contributed by atoms with Crippen molar-refractivity contribution in [1.29, 1.82) is 0 Å². The molecule has 7 heteroatoms. The van der Waals surface area contributed by atoms with Gasteiger partial charge in [0.2, 0.25) is 0 Å². The van der Waals surface area contributed by atoms with E-state index in [4.69, 9.17) is 11.6 Å². The van der Waals surface area contributed by atoms with E-state index in [1.54, 1.807) is 0 Å². The van der Waals surface area contributed by atoms with Crippen LogP contribution in [-0.2, 0) is 12.1 Å². The number of nitrogens with zero attached hydrogens (tertiary/aromatic N) is 1. The van der Waals surface area contributed by atoms with Crippen molar-refractivity contribution in [3.8, 4) is 0 Å². The predicted molar refractivity (Wildman–Crippen MR) is 43.8 cm³/mol. The van der Waals surface area contributed by atoms with Gasteiger partial charge in [0.05, 0.1) is 17.1 Å². The van der Waals surface area contributed by atoms with Crippen LogP contribution in [0.4, 0.5) is 22.0 Å². The number of halogens is 6. The van der Waals surface area contributed by atoms with Gasteiger partial charge in [-0.05, 0) is 12.1 Å². The largest absolute Gasteiger partial charge is 0.418 e. The SMILES string of the molecule is FC(F)c1nc(CCl)ccc1C(F)(F)F. The fraction of sp³-hybridized carbons (Fsp3) is 0.375. The van der Waals surface area contributed by atoms with Gasteiger partial charge in [-0.1, -0.05) is 0 Å². The van der Waals surface area contributed by atoms with Crippen LogP contribution in [0, 0.1) is 0 Å². The Morgan fingerprint density at radius 2 is 1.87 bits per heavy atom. The van der Waals surface area contributed by atoms with Crippen LogP contribution in [0.3, 0.4) is 0 Å². The molecular formula is C8H5ClF5N. The van der Waals surface area contributed by atoms with Gasteiger partial charge in [0.15, 0.2) is 0 Å². The van der Waals surface area contributed by atoms with Gasteiger partial charge in [-0.3, -0.25) is 0 Å². The van der Waals surface area contributed by atoms with Gasteiger partial charge in [0, 0.05) is 0 Å². The molecule has 1 aromatic rings. The lowest BCUT2D eigenvalue weighted by atomic mass is 10.1. The lowest BCUT2D eigenvalue weighted by molar-refractivity contribution is -0.139. The topological polar surface area (TPSA) is 12.9 Å². The average molecular weight is 246 g/mol. The molecule has 84 valence electrons. The van der Waals surface area contributed by atoms with E-state index in [2.05, 4.69) is 4.98 Å². The summed E-state index contributed by atoms with van der Waals surface area (Å²) in [7, 11) is 0. The highest BCUT2D eigenvalue weighted by atomic mass is 35.5. The molecule has 0 unspecified atom stereocenters. The summed E-state index contributed by atoms with van der Waals surface area (Å²) in [4.78, 5) is 3.16. The summed E-state index contributed by atoms with van der Waals surface area (Å²) in [6.45, 7) is 0. The first-order valence-electron chi connectivity index (χ1n) is 3.77. The third kappa shape index (κ3) is 2.77. The molecule has 0 aliphatic rings. The molecule has 0 atom stereocenters. The van der Waals surface area contributed by atoms with E-state index in [0.29, 0.717) is 6.07 Å². The maximum Gasteiger partial charge on any atom is 0.418 e. The molecule has 0 bridgehead atoms. The van der Waals surface area contributed by atoms with Gasteiger partial charge < -0.3 is 0 Å². The minimum Gasteiger partial charge on any atom is -0.250 e. The average Bonchev–Trinajstić information content (AvgIpc) is 2.15. The van der Waals surface area contributed by atoms with Gasteiger partial charge in [-0.2, -0.15) is 13.2 Å². The molecule has 0 fully saturated rings. The summed E-state index contributed by atoms with van der Waals surface area (Å²) >= 11 is 5.28. The van der Waals surface area contributed by atoms with Gasteiger partial charge in [-0.15, -0.1) is 11.6 Å².